The molecule has 0 saturated carbocycles. The van der Waals surface area contributed by atoms with Gasteiger partial charge in [-0.2, -0.15) is 4.98 Å². The summed E-state index contributed by atoms with van der Waals surface area (Å²) < 4.78 is 5.65. The van der Waals surface area contributed by atoms with E-state index in [4.69, 9.17) is 4.42 Å². The van der Waals surface area contributed by atoms with Gasteiger partial charge in [0.2, 0.25) is 0 Å². The lowest BCUT2D eigenvalue weighted by Crippen LogP contribution is -2.11. The molecule has 0 atom stereocenters. The zero-order valence-electron chi connectivity index (χ0n) is 12.6. The first-order valence-electron chi connectivity index (χ1n) is 6.93. The Morgan fingerprint density at radius 2 is 1.86 bits per heavy atom. The molecule has 2 aromatic heterocycles. The van der Waals surface area contributed by atoms with Gasteiger partial charge in [-0.25, -0.2) is 4.79 Å². The SMILES string of the molecule is Cc1cc(-c2cc(-c3cc(C)c(C)o3)[nH]c(=O)n2)ccc1O. The molecule has 5 nitrogen and oxygen atoms in total. The molecule has 0 aliphatic heterocycles. The van der Waals surface area contributed by atoms with E-state index in [0.717, 1.165) is 22.5 Å². The fraction of sp³-hybridized carbons (Fsp3) is 0.176. The van der Waals surface area contributed by atoms with E-state index in [9.17, 15) is 9.90 Å². The molecule has 0 radical (unpaired) electrons. The largest absolute Gasteiger partial charge is 0.508 e. The van der Waals surface area contributed by atoms with E-state index in [1.54, 1.807) is 31.2 Å². The third-order valence-electron chi connectivity index (χ3n) is 3.67. The van der Waals surface area contributed by atoms with Crippen molar-refractivity contribution in [2.45, 2.75) is 20.8 Å². The Labute approximate surface area is 127 Å². The lowest BCUT2D eigenvalue weighted by Gasteiger charge is -2.05. The van der Waals surface area contributed by atoms with Crippen LogP contribution in [0, 0.1) is 20.8 Å². The molecule has 22 heavy (non-hydrogen) atoms. The Hall–Kier alpha value is -2.82. The van der Waals surface area contributed by atoms with Gasteiger partial charge in [-0.1, -0.05) is 0 Å². The first-order valence-corrected chi connectivity index (χ1v) is 6.93. The molecule has 0 aliphatic carbocycles. The molecule has 2 N–H and O–H groups in total. The van der Waals surface area contributed by atoms with Crippen molar-refractivity contribution in [3.63, 3.8) is 0 Å². The molecule has 0 saturated heterocycles. The Morgan fingerprint density at radius 1 is 1.09 bits per heavy atom. The molecule has 3 aromatic rings. The van der Waals surface area contributed by atoms with Crippen molar-refractivity contribution >= 4 is 0 Å². The minimum atomic E-state index is -0.440. The van der Waals surface area contributed by atoms with Crippen LogP contribution in [0.15, 0.2) is 39.5 Å². The van der Waals surface area contributed by atoms with Gasteiger partial charge in [0, 0.05) is 5.56 Å². The molecule has 0 fully saturated rings. The summed E-state index contributed by atoms with van der Waals surface area (Å²) in [7, 11) is 0. The lowest BCUT2D eigenvalue weighted by molar-refractivity contribution is 0.471. The van der Waals surface area contributed by atoms with Crippen LogP contribution in [0.1, 0.15) is 16.9 Å². The van der Waals surface area contributed by atoms with Crippen LogP contribution in [-0.2, 0) is 0 Å². The lowest BCUT2D eigenvalue weighted by atomic mass is 10.1. The number of hydrogen-bond acceptors (Lipinski definition) is 4. The number of aromatic hydroxyl groups is 1. The van der Waals surface area contributed by atoms with Crippen molar-refractivity contribution in [1.82, 2.24) is 9.97 Å². The van der Waals surface area contributed by atoms with Crippen molar-refractivity contribution in [1.29, 1.82) is 0 Å². The summed E-state index contributed by atoms with van der Waals surface area (Å²) >= 11 is 0. The fourth-order valence-corrected chi connectivity index (χ4v) is 2.26. The number of H-pyrrole nitrogens is 1. The maximum absolute atomic E-state index is 11.8. The highest BCUT2D eigenvalue weighted by atomic mass is 16.3. The normalized spacial score (nSPS) is 10.9. The summed E-state index contributed by atoms with van der Waals surface area (Å²) in [6, 6.07) is 8.76. The molecule has 0 spiro atoms. The van der Waals surface area contributed by atoms with E-state index >= 15 is 0 Å². The van der Waals surface area contributed by atoms with E-state index in [-0.39, 0.29) is 5.75 Å². The standard InChI is InChI=1S/C17H16N2O3/c1-9-7-16(22-11(9)3)14-8-13(18-17(21)19-14)12-4-5-15(20)10(2)6-12/h4-8,20H,1-3H3,(H,18,19,21). The van der Waals surface area contributed by atoms with Crippen LogP contribution in [0.2, 0.25) is 0 Å². The quantitative estimate of drug-likeness (QED) is 0.760. The predicted molar refractivity (Wildman–Crippen MR) is 83.9 cm³/mol. The number of phenolic OH excluding ortho intramolecular Hbond substituents is 1. The molecule has 5 heteroatoms. The summed E-state index contributed by atoms with van der Waals surface area (Å²) in [5.74, 6) is 1.63. The number of aromatic nitrogens is 2. The third kappa shape index (κ3) is 2.53. The van der Waals surface area contributed by atoms with Crippen LogP contribution >= 0.6 is 0 Å². The number of rotatable bonds is 2. The molecule has 3 rings (SSSR count). The first kappa shape index (κ1) is 14.1. The highest BCUT2D eigenvalue weighted by molar-refractivity contribution is 5.66. The zero-order valence-corrected chi connectivity index (χ0v) is 12.6. The van der Waals surface area contributed by atoms with Gasteiger partial charge in [0.25, 0.3) is 0 Å². The van der Waals surface area contributed by atoms with Crippen LogP contribution in [0.4, 0.5) is 0 Å². The molecular weight excluding hydrogens is 280 g/mol. The number of furan rings is 1. The van der Waals surface area contributed by atoms with Crippen molar-refractivity contribution in [2.24, 2.45) is 0 Å². The summed E-state index contributed by atoms with van der Waals surface area (Å²) in [6.45, 7) is 5.63. The second-order valence-electron chi connectivity index (χ2n) is 5.34. The van der Waals surface area contributed by atoms with Crippen LogP contribution in [0.25, 0.3) is 22.7 Å². The Balaban J connectivity index is 2.14. The molecule has 0 aliphatic rings. The monoisotopic (exact) mass is 296 g/mol. The molecular formula is C17H16N2O3. The van der Waals surface area contributed by atoms with E-state index in [1.807, 2.05) is 19.9 Å². The molecule has 112 valence electrons. The minimum absolute atomic E-state index is 0.214. The van der Waals surface area contributed by atoms with Gasteiger partial charge in [0.15, 0.2) is 5.76 Å². The molecule has 1 aromatic carbocycles. The highest BCUT2D eigenvalue weighted by Crippen LogP contribution is 2.27. The number of aryl methyl sites for hydroxylation is 3. The number of benzene rings is 1. The van der Waals surface area contributed by atoms with Crippen LogP contribution in [0.3, 0.4) is 0 Å². The van der Waals surface area contributed by atoms with Gasteiger partial charge in [0.05, 0.1) is 11.4 Å². The topological polar surface area (TPSA) is 79.1 Å². The maximum Gasteiger partial charge on any atom is 0.346 e. The minimum Gasteiger partial charge on any atom is -0.508 e. The van der Waals surface area contributed by atoms with Gasteiger partial charge in [-0.3, -0.25) is 0 Å². The second-order valence-corrected chi connectivity index (χ2v) is 5.34. The molecule has 2 heterocycles. The van der Waals surface area contributed by atoms with Crippen LogP contribution in [0.5, 0.6) is 5.75 Å². The van der Waals surface area contributed by atoms with Crippen molar-refractivity contribution < 1.29 is 9.52 Å². The van der Waals surface area contributed by atoms with Crippen LogP contribution < -0.4 is 5.69 Å². The van der Waals surface area contributed by atoms with E-state index < -0.39 is 5.69 Å². The molecule has 0 bridgehead atoms. The summed E-state index contributed by atoms with van der Waals surface area (Å²) in [6.07, 6.45) is 0. The number of hydrogen-bond donors (Lipinski definition) is 2. The van der Waals surface area contributed by atoms with Gasteiger partial charge in [0.1, 0.15) is 11.5 Å². The average Bonchev–Trinajstić information content (AvgIpc) is 2.81. The van der Waals surface area contributed by atoms with Crippen molar-refractivity contribution in [3.8, 4) is 28.5 Å². The Morgan fingerprint density at radius 3 is 2.50 bits per heavy atom. The van der Waals surface area contributed by atoms with Crippen molar-refractivity contribution in [3.05, 3.63) is 57.7 Å². The van der Waals surface area contributed by atoms with Gasteiger partial charge < -0.3 is 14.5 Å². The van der Waals surface area contributed by atoms with Gasteiger partial charge in [-0.05, 0) is 62.2 Å². The Kier molecular flexibility index (Phi) is 3.33. The van der Waals surface area contributed by atoms with Gasteiger partial charge in [-0.15, -0.1) is 0 Å². The number of nitrogens with zero attached hydrogens (tertiary/aromatic N) is 1. The zero-order chi connectivity index (χ0) is 15.9. The Bertz CT molecular complexity index is 887. The number of aromatic amines is 1. The number of nitrogens with one attached hydrogen (secondary N) is 1. The molecule has 0 amide bonds. The number of phenols is 1. The van der Waals surface area contributed by atoms with E-state index in [0.29, 0.717) is 17.1 Å². The summed E-state index contributed by atoms with van der Waals surface area (Å²) in [5.41, 5.74) is 3.19. The second kappa shape index (κ2) is 5.18. The maximum atomic E-state index is 11.8. The van der Waals surface area contributed by atoms with E-state index in [2.05, 4.69) is 9.97 Å². The summed E-state index contributed by atoms with van der Waals surface area (Å²) in [4.78, 5) is 18.5. The average molecular weight is 296 g/mol. The van der Waals surface area contributed by atoms with Crippen LogP contribution in [-0.4, -0.2) is 15.1 Å². The van der Waals surface area contributed by atoms with Gasteiger partial charge >= 0.3 is 5.69 Å². The first-order chi connectivity index (χ1) is 10.4. The van der Waals surface area contributed by atoms with E-state index in [1.165, 1.54) is 0 Å². The smallest absolute Gasteiger partial charge is 0.346 e. The summed E-state index contributed by atoms with van der Waals surface area (Å²) in [5, 5.41) is 9.61. The fourth-order valence-electron chi connectivity index (χ4n) is 2.26. The predicted octanol–water partition coefficient (Wildman–Crippen LogP) is 3.33. The third-order valence-corrected chi connectivity index (χ3v) is 3.67. The molecule has 0 unspecified atom stereocenters. The highest BCUT2D eigenvalue weighted by Gasteiger charge is 2.11. The van der Waals surface area contributed by atoms with Crippen molar-refractivity contribution in [2.75, 3.05) is 0 Å².